The number of benzene rings is 1. The molecule has 6 nitrogen and oxygen atoms in total. The Morgan fingerprint density at radius 2 is 2.04 bits per heavy atom. The molecule has 2 aliphatic heterocycles. The fourth-order valence-corrected chi connectivity index (χ4v) is 3.61. The van der Waals surface area contributed by atoms with Crippen molar-refractivity contribution >= 4 is 27.5 Å². The number of rotatable bonds is 4. The molecule has 2 aliphatic rings. The van der Waals surface area contributed by atoms with E-state index in [0.717, 1.165) is 21.3 Å². The summed E-state index contributed by atoms with van der Waals surface area (Å²) in [5.74, 6) is -0.174. The van der Waals surface area contributed by atoms with Gasteiger partial charge in [-0.1, -0.05) is 15.9 Å². The fraction of sp³-hybridized carbons (Fsp3) is 0.400. The van der Waals surface area contributed by atoms with Crippen molar-refractivity contribution in [1.82, 2.24) is 21.4 Å². The van der Waals surface area contributed by atoms with E-state index in [2.05, 4.69) is 37.3 Å². The largest absolute Gasteiger partial charge is 0.324 e. The van der Waals surface area contributed by atoms with Crippen LogP contribution in [0.2, 0.25) is 0 Å². The number of halogens is 2. The van der Waals surface area contributed by atoms with E-state index in [1.165, 1.54) is 0 Å². The Bertz CT molecular complexity index is 642. The Labute approximate surface area is 142 Å². The van der Waals surface area contributed by atoms with Crippen LogP contribution in [0, 0.1) is 13.8 Å². The van der Waals surface area contributed by atoms with Gasteiger partial charge in [0.2, 0.25) is 0 Å². The van der Waals surface area contributed by atoms with Crippen molar-refractivity contribution in [3.05, 3.63) is 39.5 Å². The Hall–Kier alpha value is -1.48. The number of nitrogens with one attached hydrogen (secondary N) is 4. The highest BCUT2D eigenvalue weighted by Crippen LogP contribution is 2.30. The maximum atomic E-state index is 12.3. The lowest BCUT2D eigenvalue weighted by atomic mass is 10.1. The standard InChI is InChI=1S/C15H19BrFN5O/c1-8-5-10(16)6-9(2)12(8)22-7-11-13(21-22)19-15(18-4-3-17)20-14(11)23/h5-7,13,15,18-19,21H,3-4H2,1-2H3,(H,20,23). The van der Waals surface area contributed by atoms with Crippen molar-refractivity contribution in [1.29, 1.82) is 0 Å². The summed E-state index contributed by atoms with van der Waals surface area (Å²) in [6.45, 7) is 3.74. The highest BCUT2D eigenvalue weighted by Gasteiger charge is 2.36. The monoisotopic (exact) mass is 383 g/mol. The lowest BCUT2D eigenvalue weighted by Crippen LogP contribution is -2.66. The van der Waals surface area contributed by atoms with Crippen molar-refractivity contribution < 1.29 is 9.18 Å². The van der Waals surface area contributed by atoms with Gasteiger partial charge in [0.05, 0.1) is 11.3 Å². The van der Waals surface area contributed by atoms with Gasteiger partial charge in [0.25, 0.3) is 5.91 Å². The number of anilines is 1. The molecule has 0 bridgehead atoms. The molecule has 124 valence electrons. The molecule has 1 saturated heterocycles. The molecule has 1 aromatic rings. The van der Waals surface area contributed by atoms with Gasteiger partial charge < -0.3 is 5.32 Å². The van der Waals surface area contributed by atoms with E-state index in [1.807, 2.05) is 31.0 Å². The molecule has 1 amide bonds. The van der Waals surface area contributed by atoms with Crippen molar-refractivity contribution in [3.63, 3.8) is 0 Å². The number of amides is 1. The smallest absolute Gasteiger partial charge is 0.254 e. The van der Waals surface area contributed by atoms with Gasteiger partial charge in [0.15, 0.2) is 0 Å². The predicted molar refractivity (Wildman–Crippen MR) is 90.1 cm³/mol. The first-order valence-electron chi connectivity index (χ1n) is 7.39. The number of hydrazine groups is 1. The van der Waals surface area contributed by atoms with Crippen LogP contribution in [0.3, 0.4) is 0 Å². The summed E-state index contributed by atoms with van der Waals surface area (Å²) in [5.41, 5.74) is 7.06. The summed E-state index contributed by atoms with van der Waals surface area (Å²) in [4.78, 5) is 12.2. The summed E-state index contributed by atoms with van der Waals surface area (Å²) >= 11 is 3.49. The molecule has 8 heteroatoms. The van der Waals surface area contributed by atoms with Gasteiger partial charge in [0, 0.05) is 17.2 Å². The molecule has 0 aromatic heterocycles. The van der Waals surface area contributed by atoms with Gasteiger partial charge in [-0.05, 0) is 37.1 Å². The van der Waals surface area contributed by atoms with Crippen LogP contribution in [0.25, 0.3) is 0 Å². The lowest BCUT2D eigenvalue weighted by molar-refractivity contribution is -0.120. The minimum atomic E-state index is -0.488. The van der Waals surface area contributed by atoms with Crippen molar-refractivity contribution in [2.45, 2.75) is 26.3 Å². The van der Waals surface area contributed by atoms with Crippen LogP contribution >= 0.6 is 15.9 Å². The zero-order chi connectivity index (χ0) is 16.6. The molecular formula is C15H19BrFN5O. The van der Waals surface area contributed by atoms with Crippen molar-refractivity contribution in [3.8, 4) is 0 Å². The molecule has 2 heterocycles. The van der Waals surface area contributed by atoms with Crippen LogP contribution in [0.4, 0.5) is 10.1 Å². The minimum Gasteiger partial charge on any atom is -0.324 e. The quantitative estimate of drug-likeness (QED) is 0.628. The molecule has 2 unspecified atom stereocenters. The first kappa shape index (κ1) is 16.4. The van der Waals surface area contributed by atoms with Gasteiger partial charge in [-0.2, -0.15) is 0 Å². The molecule has 4 N–H and O–H groups in total. The van der Waals surface area contributed by atoms with E-state index >= 15 is 0 Å². The SMILES string of the molecule is Cc1cc(Br)cc(C)c1N1C=C2C(=O)NC(NCCF)NC2N1. The molecule has 0 saturated carbocycles. The second kappa shape index (κ2) is 6.56. The number of hydrogen-bond acceptors (Lipinski definition) is 5. The Morgan fingerprint density at radius 3 is 2.70 bits per heavy atom. The van der Waals surface area contributed by atoms with Gasteiger partial charge in [-0.3, -0.25) is 20.4 Å². The zero-order valence-corrected chi connectivity index (χ0v) is 14.5. The van der Waals surface area contributed by atoms with Crippen molar-refractivity contribution in [2.75, 3.05) is 18.2 Å². The number of aryl methyl sites for hydroxylation is 2. The summed E-state index contributed by atoms with van der Waals surface area (Å²) in [7, 11) is 0. The average Bonchev–Trinajstić information content (AvgIpc) is 2.88. The minimum absolute atomic E-state index is 0.174. The molecule has 1 fully saturated rings. The second-order valence-electron chi connectivity index (χ2n) is 5.62. The molecule has 1 aromatic carbocycles. The average molecular weight is 384 g/mol. The van der Waals surface area contributed by atoms with E-state index in [4.69, 9.17) is 0 Å². The summed E-state index contributed by atoms with van der Waals surface area (Å²) in [6.07, 6.45) is 1.02. The molecule has 23 heavy (non-hydrogen) atoms. The Kier molecular flexibility index (Phi) is 4.67. The van der Waals surface area contributed by atoms with Gasteiger partial charge in [0.1, 0.15) is 19.1 Å². The van der Waals surface area contributed by atoms with E-state index < -0.39 is 13.0 Å². The van der Waals surface area contributed by atoms with Gasteiger partial charge in [-0.15, -0.1) is 0 Å². The van der Waals surface area contributed by atoms with E-state index in [0.29, 0.717) is 5.57 Å². The zero-order valence-electron chi connectivity index (χ0n) is 12.9. The summed E-state index contributed by atoms with van der Waals surface area (Å²) in [6, 6.07) is 4.06. The number of hydrogen-bond donors (Lipinski definition) is 4. The van der Waals surface area contributed by atoms with Gasteiger partial charge >= 0.3 is 0 Å². The number of fused-ring (bicyclic) bond motifs is 1. The van der Waals surface area contributed by atoms with Crippen molar-refractivity contribution in [2.24, 2.45) is 0 Å². The van der Waals surface area contributed by atoms with Crippen LogP contribution in [-0.2, 0) is 4.79 Å². The maximum absolute atomic E-state index is 12.3. The highest BCUT2D eigenvalue weighted by molar-refractivity contribution is 9.10. The Morgan fingerprint density at radius 1 is 1.35 bits per heavy atom. The summed E-state index contributed by atoms with van der Waals surface area (Å²) < 4.78 is 13.3. The number of carbonyl (C=O) groups is 1. The predicted octanol–water partition coefficient (Wildman–Crippen LogP) is 1.16. The molecule has 2 atom stereocenters. The first-order chi connectivity index (χ1) is 11.0. The number of alkyl halides is 1. The molecular weight excluding hydrogens is 365 g/mol. The summed E-state index contributed by atoms with van der Waals surface area (Å²) in [5, 5.41) is 10.7. The topological polar surface area (TPSA) is 68.4 Å². The van der Waals surface area contributed by atoms with Crippen LogP contribution < -0.4 is 26.4 Å². The van der Waals surface area contributed by atoms with Crippen LogP contribution in [0.1, 0.15) is 11.1 Å². The first-order valence-corrected chi connectivity index (χ1v) is 8.19. The van der Waals surface area contributed by atoms with Gasteiger partial charge in [-0.25, -0.2) is 9.82 Å². The van der Waals surface area contributed by atoms with Crippen LogP contribution in [-0.4, -0.2) is 31.6 Å². The maximum Gasteiger partial charge on any atom is 0.254 e. The van der Waals surface area contributed by atoms with Crippen LogP contribution in [0.15, 0.2) is 28.4 Å². The normalized spacial score (nSPS) is 23.6. The van der Waals surface area contributed by atoms with E-state index in [9.17, 15) is 9.18 Å². The Balaban J connectivity index is 1.82. The molecule has 0 radical (unpaired) electrons. The molecule has 3 rings (SSSR count). The third kappa shape index (κ3) is 3.25. The van der Waals surface area contributed by atoms with E-state index in [-0.39, 0.29) is 18.6 Å². The third-order valence-electron chi connectivity index (χ3n) is 3.86. The number of nitrogens with zero attached hydrogens (tertiary/aromatic N) is 1. The highest BCUT2D eigenvalue weighted by atomic mass is 79.9. The fourth-order valence-electron chi connectivity index (χ4n) is 2.92. The molecule has 0 aliphatic carbocycles. The lowest BCUT2D eigenvalue weighted by Gasteiger charge is -2.32. The van der Waals surface area contributed by atoms with Crippen LogP contribution in [0.5, 0.6) is 0 Å². The second-order valence-corrected chi connectivity index (χ2v) is 6.54. The molecule has 0 spiro atoms. The van der Waals surface area contributed by atoms with E-state index in [1.54, 1.807) is 6.20 Å². The number of carbonyl (C=O) groups excluding carboxylic acids is 1. The third-order valence-corrected chi connectivity index (χ3v) is 4.32.